The molecule has 3 rings (SSSR count). The number of benzene rings is 2. The molecule has 0 aromatic heterocycles. The zero-order valence-corrected chi connectivity index (χ0v) is 17.4. The summed E-state index contributed by atoms with van der Waals surface area (Å²) in [5.41, 5.74) is 0.446. The molecule has 1 aliphatic heterocycles. The van der Waals surface area contributed by atoms with E-state index in [1.807, 2.05) is 54.0 Å². The first-order chi connectivity index (χ1) is 13.8. The SMILES string of the molecule is CC(C)(C(=O)N1CCN(CC(=O)Nc2cc(Cl)ccc2F)CC1)c1ccccc1. The third-order valence-electron chi connectivity index (χ3n) is 5.26. The van der Waals surface area contributed by atoms with Gasteiger partial charge in [-0.1, -0.05) is 41.9 Å². The molecule has 7 heteroatoms. The van der Waals surface area contributed by atoms with E-state index in [-0.39, 0.29) is 24.0 Å². The molecule has 0 bridgehead atoms. The normalized spacial score (nSPS) is 15.2. The van der Waals surface area contributed by atoms with Crippen LogP contribution in [0.15, 0.2) is 48.5 Å². The molecule has 29 heavy (non-hydrogen) atoms. The Morgan fingerprint density at radius 2 is 1.72 bits per heavy atom. The van der Waals surface area contributed by atoms with Crippen LogP contribution in [0.1, 0.15) is 19.4 Å². The molecule has 0 atom stereocenters. The van der Waals surface area contributed by atoms with Crippen molar-refractivity contribution >= 4 is 29.1 Å². The summed E-state index contributed by atoms with van der Waals surface area (Å²) < 4.78 is 13.8. The van der Waals surface area contributed by atoms with Gasteiger partial charge in [0.25, 0.3) is 0 Å². The van der Waals surface area contributed by atoms with Crippen molar-refractivity contribution in [2.24, 2.45) is 0 Å². The summed E-state index contributed by atoms with van der Waals surface area (Å²) in [5.74, 6) is -0.759. The van der Waals surface area contributed by atoms with Gasteiger partial charge in [-0.2, -0.15) is 0 Å². The molecule has 1 aliphatic rings. The molecule has 1 fully saturated rings. The molecule has 154 valence electrons. The minimum absolute atomic E-state index is 0.0703. The van der Waals surface area contributed by atoms with Gasteiger partial charge in [0.05, 0.1) is 17.6 Å². The van der Waals surface area contributed by atoms with E-state index in [2.05, 4.69) is 5.32 Å². The first-order valence-electron chi connectivity index (χ1n) is 9.59. The lowest BCUT2D eigenvalue weighted by Gasteiger charge is -2.38. The zero-order chi connectivity index (χ0) is 21.0. The van der Waals surface area contributed by atoms with E-state index in [4.69, 9.17) is 11.6 Å². The number of halogens is 2. The first kappa shape index (κ1) is 21.3. The number of carbonyl (C=O) groups is 2. The monoisotopic (exact) mass is 417 g/mol. The second kappa shape index (κ2) is 8.93. The summed E-state index contributed by atoms with van der Waals surface area (Å²) in [6, 6.07) is 13.8. The molecule has 1 saturated heterocycles. The van der Waals surface area contributed by atoms with Crippen molar-refractivity contribution < 1.29 is 14.0 Å². The maximum absolute atomic E-state index is 13.8. The molecular weight excluding hydrogens is 393 g/mol. The minimum atomic E-state index is -0.606. The Hall–Kier alpha value is -2.44. The van der Waals surface area contributed by atoms with Crippen LogP contribution in [-0.2, 0) is 15.0 Å². The number of carbonyl (C=O) groups excluding carboxylic acids is 2. The Morgan fingerprint density at radius 1 is 1.07 bits per heavy atom. The van der Waals surface area contributed by atoms with Crippen LogP contribution in [0, 0.1) is 5.82 Å². The number of hydrogen-bond acceptors (Lipinski definition) is 3. The van der Waals surface area contributed by atoms with Crippen molar-refractivity contribution in [1.82, 2.24) is 9.80 Å². The molecule has 0 aliphatic carbocycles. The standard InChI is InChI=1S/C22H25ClFN3O2/c1-22(2,16-6-4-3-5-7-16)21(29)27-12-10-26(11-13-27)15-20(28)25-19-14-17(23)8-9-18(19)24/h3-9,14H,10-13,15H2,1-2H3,(H,25,28). The van der Waals surface area contributed by atoms with Crippen LogP contribution in [0.4, 0.5) is 10.1 Å². The summed E-state index contributed by atoms with van der Waals surface area (Å²) in [6.07, 6.45) is 0. The van der Waals surface area contributed by atoms with Crippen LogP contribution in [0.5, 0.6) is 0 Å². The van der Waals surface area contributed by atoms with Crippen molar-refractivity contribution in [3.05, 3.63) is 64.9 Å². The summed E-state index contributed by atoms with van der Waals surface area (Å²) >= 11 is 5.85. The van der Waals surface area contributed by atoms with Crippen LogP contribution < -0.4 is 5.32 Å². The fourth-order valence-electron chi connectivity index (χ4n) is 3.47. The van der Waals surface area contributed by atoms with E-state index in [9.17, 15) is 14.0 Å². The Bertz CT molecular complexity index is 881. The maximum Gasteiger partial charge on any atom is 0.238 e. The van der Waals surface area contributed by atoms with Gasteiger partial charge in [0.1, 0.15) is 5.82 Å². The van der Waals surface area contributed by atoms with Gasteiger partial charge in [0.2, 0.25) is 11.8 Å². The quantitative estimate of drug-likeness (QED) is 0.809. The molecule has 2 amide bonds. The number of rotatable bonds is 5. The van der Waals surface area contributed by atoms with E-state index in [0.717, 1.165) is 5.56 Å². The summed E-state index contributed by atoms with van der Waals surface area (Å²) in [6.45, 7) is 6.27. The van der Waals surface area contributed by atoms with Crippen LogP contribution in [0.2, 0.25) is 5.02 Å². The fourth-order valence-corrected chi connectivity index (χ4v) is 3.64. The number of piperazine rings is 1. The highest BCUT2D eigenvalue weighted by atomic mass is 35.5. The predicted octanol–water partition coefficient (Wildman–Crippen LogP) is 3.54. The molecule has 1 N–H and O–H groups in total. The smallest absolute Gasteiger partial charge is 0.238 e. The minimum Gasteiger partial charge on any atom is -0.339 e. The molecule has 0 radical (unpaired) electrons. The van der Waals surface area contributed by atoms with E-state index < -0.39 is 11.2 Å². The highest BCUT2D eigenvalue weighted by Crippen LogP contribution is 2.26. The molecule has 0 saturated carbocycles. The number of hydrogen-bond donors (Lipinski definition) is 1. The summed E-state index contributed by atoms with van der Waals surface area (Å²) in [7, 11) is 0. The average Bonchev–Trinajstić information content (AvgIpc) is 2.71. The largest absolute Gasteiger partial charge is 0.339 e. The number of nitrogens with one attached hydrogen (secondary N) is 1. The Morgan fingerprint density at radius 3 is 2.38 bits per heavy atom. The molecule has 0 unspecified atom stereocenters. The van der Waals surface area contributed by atoms with E-state index in [1.165, 1.54) is 18.2 Å². The highest BCUT2D eigenvalue weighted by molar-refractivity contribution is 6.30. The Kier molecular flexibility index (Phi) is 6.55. The second-order valence-corrected chi connectivity index (χ2v) is 8.17. The van der Waals surface area contributed by atoms with Crippen LogP contribution in [-0.4, -0.2) is 54.3 Å². The van der Waals surface area contributed by atoms with Crippen LogP contribution in [0.25, 0.3) is 0 Å². The maximum atomic E-state index is 13.8. The van der Waals surface area contributed by atoms with Gasteiger partial charge in [-0.15, -0.1) is 0 Å². The lowest BCUT2D eigenvalue weighted by atomic mass is 9.83. The van der Waals surface area contributed by atoms with E-state index in [0.29, 0.717) is 31.2 Å². The van der Waals surface area contributed by atoms with Gasteiger partial charge in [-0.3, -0.25) is 14.5 Å². The predicted molar refractivity (Wildman–Crippen MR) is 113 cm³/mol. The van der Waals surface area contributed by atoms with E-state index >= 15 is 0 Å². The first-order valence-corrected chi connectivity index (χ1v) is 9.97. The molecule has 1 heterocycles. The van der Waals surface area contributed by atoms with Gasteiger partial charge >= 0.3 is 0 Å². The van der Waals surface area contributed by atoms with Gasteiger partial charge < -0.3 is 10.2 Å². The number of amides is 2. The lowest BCUT2D eigenvalue weighted by molar-refractivity contribution is -0.138. The third-order valence-corrected chi connectivity index (χ3v) is 5.49. The Balaban J connectivity index is 1.53. The number of anilines is 1. The zero-order valence-electron chi connectivity index (χ0n) is 16.6. The van der Waals surface area contributed by atoms with Gasteiger partial charge in [-0.25, -0.2) is 4.39 Å². The second-order valence-electron chi connectivity index (χ2n) is 7.73. The highest BCUT2D eigenvalue weighted by Gasteiger charge is 2.35. The molecule has 2 aromatic carbocycles. The Labute approximate surface area is 175 Å². The fraction of sp³-hybridized carbons (Fsp3) is 0.364. The van der Waals surface area contributed by atoms with Gasteiger partial charge in [-0.05, 0) is 37.6 Å². The third kappa shape index (κ3) is 5.14. The molecular formula is C22H25ClFN3O2. The van der Waals surface area contributed by atoms with Crippen LogP contribution >= 0.6 is 11.6 Å². The van der Waals surface area contributed by atoms with Crippen molar-refractivity contribution in [3.63, 3.8) is 0 Å². The molecule has 5 nitrogen and oxygen atoms in total. The van der Waals surface area contributed by atoms with E-state index in [1.54, 1.807) is 0 Å². The summed E-state index contributed by atoms with van der Waals surface area (Å²) in [4.78, 5) is 29.1. The number of nitrogens with zero attached hydrogens (tertiary/aromatic N) is 2. The van der Waals surface area contributed by atoms with Crippen molar-refractivity contribution in [2.75, 3.05) is 38.0 Å². The van der Waals surface area contributed by atoms with Crippen molar-refractivity contribution in [1.29, 1.82) is 0 Å². The van der Waals surface area contributed by atoms with Crippen molar-refractivity contribution in [3.8, 4) is 0 Å². The van der Waals surface area contributed by atoms with Crippen LogP contribution in [0.3, 0.4) is 0 Å². The van der Waals surface area contributed by atoms with Gasteiger partial charge in [0.15, 0.2) is 0 Å². The lowest BCUT2D eigenvalue weighted by Crippen LogP contribution is -2.54. The van der Waals surface area contributed by atoms with Gasteiger partial charge in [0, 0.05) is 31.2 Å². The average molecular weight is 418 g/mol. The topological polar surface area (TPSA) is 52.7 Å². The molecule has 2 aromatic rings. The molecule has 0 spiro atoms. The summed E-state index contributed by atoms with van der Waals surface area (Å²) in [5, 5.41) is 2.91. The van der Waals surface area contributed by atoms with Crippen molar-refractivity contribution in [2.45, 2.75) is 19.3 Å².